The Morgan fingerprint density at radius 3 is 2.24 bits per heavy atom. The van der Waals surface area contributed by atoms with Gasteiger partial charge in [0.15, 0.2) is 0 Å². The van der Waals surface area contributed by atoms with Gasteiger partial charge in [-0.25, -0.2) is 8.42 Å². The van der Waals surface area contributed by atoms with Gasteiger partial charge >= 0.3 is 0 Å². The fourth-order valence-electron chi connectivity index (χ4n) is 3.30. The molecule has 1 aliphatic heterocycles. The molecule has 0 atom stereocenters. The molecule has 1 fully saturated rings. The van der Waals surface area contributed by atoms with Crippen LogP contribution in [0, 0.1) is 17.0 Å². The Morgan fingerprint density at radius 1 is 1.03 bits per heavy atom. The van der Waals surface area contributed by atoms with E-state index in [0.717, 1.165) is 25.7 Å². The molecule has 8 nitrogen and oxygen atoms in total. The predicted octanol–water partition coefficient (Wildman–Crippen LogP) is 3.72. The lowest BCUT2D eigenvalue weighted by Gasteiger charge is -2.20. The molecule has 1 N–H and O–H groups in total. The van der Waals surface area contributed by atoms with E-state index in [1.165, 1.54) is 34.6 Å². The summed E-state index contributed by atoms with van der Waals surface area (Å²) < 4.78 is 27.1. The van der Waals surface area contributed by atoms with Crippen molar-refractivity contribution in [1.82, 2.24) is 4.31 Å². The van der Waals surface area contributed by atoms with E-state index in [9.17, 15) is 23.3 Å². The Kier molecular flexibility index (Phi) is 6.29. The third-order valence-electron chi connectivity index (χ3n) is 4.98. The average Bonchev–Trinajstić information content (AvgIpc) is 2.99. The highest BCUT2D eigenvalue weighted by Crippen LogP contribution is 2.24. The number of nitrogens with zero attached hydrogens (tertiary/aromatic N) is 2. The number of rotatable bonds is 5. The van der Waals surface area contributed by atoms with Gasteiger partial charge in [0.2, 0.25) is 10.0 Å². The molecule has 3 rings (SSSR count). The van der Waals surface area contributed by atoms with Crippen LogP contribution in [0.2, 0.25) is 0 Å². The molecular weight excluding hydrogens is 394 g/mol. The lowest BCUT2D eigenvalue weighted by atomic mass is 10.1. The largest absolute Gasteiger partial charge is 0.322 e. The van der Waals surface area contributed by atoms with Gasteiger partial charge in [0, 0.05) is 36.0 Å². The number of amides is 1. The van der Waals surface area contributed by atoms with Crippen LogP contribution >= 0.6 is 0 Å². The van der Waals surface area contributed by atoms with E-state index in [1.54, 1.807) is 19.1 Å². The summed E-state index contributed by atoms with van der Waals surface area (Å²) >= 11 is 0. The van der Waals surface area contributed by atoms with E-state index in [0.29, 0.717) is 24.3 Å². The van der Waals surface area contributed by atoms with E-state index >= 15 is 0 Å². The fourth-order valence-corrected chi connectivity index (χ4v) is 4.81. The molecule has 0 unspecified atom stereocenters. The van der Waals surface area contributed by atoms with Gasteiger partial charge in [-0.15, -0.1) is 0 Å². The maximum atomic E-state index is 12.8. The molecule has 0 aliphatic carbocycles. The second-order valence-corrected chi connectivity index (χ2v) is 8.99. The summed E-state index contributed by atoms with van der Waals surface area (Å²) in [6, 6.07) is 10.2. The number of nitro benzene ring substituents is 1. The van der Waals surface area contributed by atoms with Crippen LogP contribution in [0.15, 0.2) is 47.4 Å². The second kappa shape index (κ2) is 8.71. The van der Waals surface area contributed by atoms with Crippen LogP contribution in [-0.2, 0) is 10.0 Å². The van der Waals surface area contributed by atoms with E-state index in [-0.39, 0.29) is 16.1 Å². The quantitative estimate of drug-likeness (QED) is 0.589. The Hall–Kier alpha value is -2.78. The zero-order valence-corrected chi connectivity index (χ0v) is 16.9. The Morgan fingerprint density at radius 2 is 1.66 bits per heavy atom. The monoisotopic (exact) mass is 417 g/mol. The van der Waals surface area contributed by atoms with Gasteiger partial charge in [-0.05, 0) is 50.1 Å². The summed E-state index contributed by atoms with van der Waals surface area (Å²) in [6.45, 7) is 2.64. The molecule has 2 aromatic rings. The lowest BCUT2D eigenvalue weighted by molar-refractivity contribution is -0.385. The van der Waals surface area contributed by atoms with Gasteiger partial charge in [0.1, 0.15) is 0 Å². The first-order valence-corrected chi connectivity index (χ1v) is 10.9. The van der Waals surface area contributed by atoms with Gasteiger partial charge in [-0.1, -0.05) is 18.9 Å². The summed E-state index contributed by atoms with van der Waals surface area (Å²) in [5.41, 5.74) is 0.981. The van der Waals surface area contributed by atoms with Crippen molar-refractivity contribution in [3.63, 3.8) is 0 Å². The fraction of sp³-hybridized carbons (Fsp3) is 0.350. The smallest absolute Gasteiger partial charge is 0.274 e. The number of hydrogen-bond acceptors (Lipinski definition) is 5. The Balaban J connectivity index is 1.75. The van der Waals surface area contributed by atoms with E-state index < -0.39 is 20.9 Å². The minimum absolute atomic E-state index is 0.0818. The summed E-state index contributed by atoms with van der Waals surface area (Å²) in [6.07, 6.45) is 3.76. The molecule has 9 heteroatoms. The predicted molar refractivity (Wildman–Crippen MR) is 109 cm³/mol. The topological polar surface area (TPSA) is 110 Å². The van der Waals surface area contributed by atoms with Crippen molar-refractivity contribution in [2.24, 2.45) is 0 Å². The number of benzene rings is 2. The van der Waals surface area contributed by atoms with Crippen molar-refractivity contribution in [3.05, 3.63) is 63.7 Å². The molecule has 0 spiro atoms. The highest BCUT2D eigenvalue weighted by atomic mass is 32.2. The molecule has 2 aromatic carbocycles. The number of aryl methyl sites for hydroxylation is 1. The van der Waals surface area contributed by atoms with Crippen LogP contribution in [0.3, 0.4) is 0 Å². The number of nitro groups is 1. The molecule has 0 radical (unpaired) electrons. The standard InChI is InChI=1S/C20H23N3O5S/c1-15-6-9-17(14-19(15)23(25)26)21-20(24)16-7-10-18(11-8-16)29(27,28)22-12-4-2-3-5-13-22/h6-11,14H,2-5,12-13H2,1H3,(H,21,24). The molecule has 0 aromatic heterocycles. The zero-order chi connectivity index (χ0) is 21.0. The van der Waals surface area contributed by atoms with Crippen LogP contribution in [0.5, 0.6) is 0 Å². The third kappa shape index (κ3) is 4.80. The lowest BCUT2D eigenvalue weighted by Crippen LogP contribution is -2.31. The Labute approximate surface area is 169 Å². The van der Waals surface area contributed by atoms with E-state index in [4.69, 9.17) is 0 Å². The van der Waals surface area contributed by atoms with E-state index in [2.05, 4.69) is 5.32 Å². The zero-order valence-electron chi connectivity index (χ0n) is 16.1. The van der Waals surface area contributed by atoms with Crippen LogP contribution < -0.4 is 5.32 Å². The number of anilines is 1. The van der Waals surface area contributed by atoms with Crippen molar-refractivity contribution < 1.29 is 18.1 Å². The molecule has 1 heterocycles. The molecule has 1 amide bonds. The highest BCUT2D eigenvalue weighted by molar-refractivity contribution is 7.89. The molecule has 0 bridgehead atoms. The van der Waals surface area contributed by atoms with Crippen molar-refractivity contribution in [1.29, 1.82) is 0 Å². The average molecular weight is 417 g/mol. The maximum Gasteiger partial charge on any atom is 0.274 e. The van der Waals surface area contributed by atoms with Crippen LogP contribution in [0.1, 0.15) is 41.6 Å². The minimum Gasteiger partial charge on any atom is -0.322 e. The van der Waals surface area contributed by atoms with Crippen LogP contribution in [-0.4, -0.2) is 36.6 Å². The minimum atomic E-state index is -3.58. The normalized spacial score (nSPS) is 15.5. The number of carbonyl (C=O) groups is 1. The van der Waals surface area contributed by atoms with Crippen LogP contribution in [0.25, 0.3) is 0 Å². The second-order valence-electron chi connectivity index (χ2n) is 7.06. The summed E-state index contributed by atoms with van der Waals surface area (Å²) in [5.74, 6) is -0.470. The van der Waals surface area contributed by atoms with Crippen molar-refractivity contribution >= 4 is 27.3 Å². The number of sulfonamides is 1. The molecule has 1 aliphatic rings. The molecule has 1 saturated heterocycles. The molecule has 0 saturated carbocycles. The van der Waals surface area contributed by atoms with Gasteiger partial charge in [-0.3, -0.25) is 14.9 Å². The Bertz CT molecular complexity index is 1010. The summed E-state index contributed by atoms with van der Waals surface area (Å²) in [5, 5.41) is 13.7. The van der Waals surface area contributed by atoms with E-state index in [1.807, 2.05) is 0 Å². The van der Waals surface area contributed by atoms with Gasteiger partial charge < -0.3 is 5.32 Å². The van der Waals surface area contributed by atoms with Gasteiger partial charge in [-0.2, -0.15) is 4.31 Å². The number of carbonyl (C=O) groups excluding carboxylic acids is 1. The van der Waals surface area contributed by atoms with Gasteiger partial charge in [0.25, 0.3) is 11.6 Å². The first-order chi connectivity index (χ1) is 13.8. The van der Waals surface area contributed by atoms with Crippen molar-refractivity contribution in [2.45, 2.75) is 37.5 Å². The third-order valence-corrected chi connectivity index (χ3v) is 6.90. The van der Waals surface area contributed by atoms with Crippen LogP contribution in [0.4, 0.5) is 11.4 Å². The molecule has 154 valence electrons. The SMILES string of the molecule is Cc1ccc(NC(=O)c2ccc(S(=O)(=O)N3CCCCCC3)cc2)cc1[N+](=O)[O-]. The van der Waals surface area contributed by atoms with Crippen molar-refractivity contribution in [3.8, 4) is 0 Å². The highest BCUT2D eigenvalue weighted by Gasteiger charge is 2.25. The van der Waals surface area contributed by atoms with Crippen molar-refractivity contribution in [2.75, 3.05) is 18.4 Å². The summed E-state index contributed by atoms with van der Waals surface area (Å²) in [7, 11) is -3.58. The first-order valence-electron chi connectivity index (χ1n) is 9.45. The van der Waals surface area contributed by atoms with Gasteiger partial charge in [0.05, 0.1) is 9.82 Å². The first kappa shape index (κ1) is 20.9. The summed E-state index contributed by atoms with van der Waals surface area (Å²) in [4.78, 5) is 23.1. The molecule has 29 heavy (non-hydrogen) atoms. The number of hydrogen-bond donors (Lipinski definition) is 1. The molecular formula is C20H23N3O5S. The maximum absolute atomic E-state index is 12.8. The number of nitrogens with one attached hydrogen (secondary N) is 1.